The fraction of sp³-hybridized carbons (Fsp3) is 0.579. The van der Waals surface area contributed by atoms with Crippen LogP contribution in [0.2, 0.25) is 0 Å². The summed E-state index contributed by atoms with van der Waals surface area (Å²) < 4.78 is 4.92. The lowest BCUT2D eigenvalue weighted by Crippen LogP contribution is -2.34. The highest BCUT2D eigenvalue weighted by molar-refractivity contribution is 6.29. The molecule has 0 aliphatic carbocycles. The highest BCUT2D eigenvalue weighted by Crippen LogP contribution is 2.26. The largest absolute Gasteiger partial charge is 0.466 e. The Morgan fingerprint density at radius 2 is 1.92 bits per heavy atom. The van der Waals surface area contributed by atoms with E-state index in [1.165, 1.54) is 0 Å². The van der Waals surface area contributed by atoms with Crippen LogP contribution in [-0.4, -0.2) is 30.9 Å². The number of rotatable bonds is 10. The van der Waals surface area contributed by atoms with Gasteiger partial charge in [-0.25, -0.2) is 0 Å². The maximum Gasteiger partial charge on any atom is 0.305 e. The molecule has 0 N–H and O–H groups in total. The van der Waals surface area contributed by atoms with Gasteiger partial charge in [0.1, 0.15) is 5.88 Å². The van der Waals surface area contributed by atoms with E-state index in [1.54, 1.807) is 11.8 Å². The van der Waals surface area contributed by atoms with E-state index in [-0.39, 0.29) is 17.8 Å². The number of benzene rings is 1. The number of unbranched alkanes of at least 4 members (excludes halogenated alkanes) is 2. The van der Waals surface area contributed by atoms with E-state index in [9.17, 15) is 9.59 Å². The summed E-state index contributed by atoms with van der Waals surface area (Å²) in [6.07, 6.45) is 3.78. The highest BCUT2D eigenvalue weighted by Gasteiger charge is 2.19. The quantitative estimate of drug-likeness (QED) is 0.359. The normalized spacial score (nSPS) is 10.5. The Balaban J connectivity index is 2.68. The molecule has 4 nitrogen and oxygen atoms in total. The van der Waals surface area contributed by atoms with Crippen molar-refractivity contribution in [1.82, 2.24) is 0 Å². The molecule has 0 saturated heterocycles. The van der Waals surface area contributed by atoms with Gasteiger partial charge in [-0.15, -0.1) is 11.6 Å². The molecule has 0 saturated carbocycles. The van der Waals surface area contributed by atoms with E-state index < -0.39 is 0 Å². The zero-order valence-corrected chi connectivity index (χ0v) is 15.7. The number of para-hydroxylation sites is 1. The first-order valence-corrected chi connectivity index (χ1v) is 9.19. The predicted molar refractivity (Wildman–Crippen MR) is 98.7 cm³/mol. The van der Waals surface area contributed by atoms with Crippen LogP contribution in [-0.2, 0) is 20.7 Å². The fourth-order valence-electron chi connectivity index (χ4n) is 2.77. The molecular formula is C19H28ClNO3. The summed E-state index contributed by atoms with van der Waals surface area (Å²) in [6.45, 7) is 6.95. The Bertz CT molecular complexity index is 545. The van der Waals surface area contributed by atoms with Gasteiger partial charge in [-0.05, 0) is 44.2 Å². The van der Waals surface area contributed by atoms with E-state index in [1.807, 2.05) is 19.1 Å². The monoisotopic (exact) mass is 353 g/mol. The summed E-state index contributed by atoms with van der Waals surface area (Å²) in [5, 5.41) is 0. The molecule has 0 spiro atoms. The molecule has 1 aromatic carbocycles. The molecule has 0 bridgehead atoms. The first kappa shape index (κ1) is 20.5. The average Bonchev–Trinajstić information content (AvgIpc) is 2.58. The Kier molecular flexibility index (Phi) is 9.46. The lowest BCUT2D eigenvalue weighted by Gasteiger charge is -2.26. The zero-order chi connectivity index (χ0) is 17.9. The van der Waals surface area contributed by atoms with E-state index in [4.69, 9.17) is 16.3 Å². The molecule has 134 valence electrons. The van der Waals surface area contributed by atoms with Crippen molar-refractivity contribution < 1.29 is 14.3 Å². The third-order valence-corrected chi connectivity index (χ3v) is 4.18. The van der Waals surface area contributed by atoms with Crippen LogP contribution in [0.25, 0.3) is 0 Å². The standard InChI is InChI=1S/C19H28ClNO3/c1-4-16-11-9-10-15(3)19(16)21(17(22)14-20)13-8-6-7-12-18(23)24-5-2/h9-11H,4-8,12-14H2,1-3H3. The Hall–Kier alpha value is -1.55. The molecule has 0 atom stereocenters. The van der Waals surface area contributed by atoms with Crippen molar-refractivity contribution in [3.8, 4) is 0 Å². The number of aryl methyl sites for hydroxylation is 2. The molecule has 0 aromatic heterocycles. The van der Waals surface area contributed by atoms with Gasteiger partial charge in [-0.2, -0.15) is 0 Å². The molecule has 0 aliphatic heterocycles. The van der Waals surface area contributed by atoms with Crippen LogP contribution in [0.15, 0.2) is 18.2 Å². The molecule has 0 aliphatic rings. The van der Waals surface area contributed by atoms with Crippen LogP contribution in [0.5, 0.6) is 0 Å². The van der Waals surface area contributed by atoms with Gasteiger partial charge in [-0.3, -0.25) is 9.59 Å². The summed E-state index contributed by atoms with van der Waals surface area (Å²) in [5.41, 5.74) is 3.22. The Morgan fingerprint density at radius 1 is 1.17 bits per heavy atom. The van der Waals surface area contributed by atoms with Crippen molar-refractivity contribution in [3.05, 3.63) is 29.3 Å². The van der Waals surface area contributed by atoms with Gasteiger partial charge in [0.15, 0.2) is 0 Å². The number of amides is 1. The number of hydrogen-bond acceptors (Lipinski definition) is 3. The molecule has 0 heterocycles. The average molecular weight is 354 g/mol. The molecule has 5 heteroatoms. The molecule has 0 radical (unpaired) electrons. The minimum absolute atomic E-state index is 0.0275. The lowest BCUT2D eigenvalue weighted by atomic mass is 10.0. The summed E-state index contributed by atoms with van der Waals surface area (Å²) in [6, 6.07) is 6.09. The summed E-state index contributed by atoms with van der Waals surface area (Å²) >= 11 is 5.81. The number of carbonyl (C=O) groups is 2. The van der Waals surface area contributed by atoms with Crippen LogP contribution in [0.1, 0.15) is 50.7 Å². The SMILES string of the molecule is CCOC(=O)CCCCCN(C(=O)CCl)c1c(C)cccc1CC. The van der Waals surface area contributed by atoms with Gasteiger partial charge >= 0.3 is 5.97 Å². The second-order valence-electron chi connectivity index (χ2n) is 5.73. The summed E-state index contributed by atoms with van der Waals surface area (Å²) in [7, 11) is 0. The summed E-state index contributed by atoms with van der Waals surface area (Å²) in [4.78, 5) is 25.4. The Labute approximate surface area is 150 Å². The van der Waals surface area contributed by atoms with Gasteiger partial charge < -0.3 is 9.64 Å². The second kappa shape index (κ2) is 11.1. The molecular weight excluding hydrogens is 326 g/mol. The molecule has 1 aromatic rings. The number of esters is 1. The van der Waals surface area contributed by atoms with Gasteiger partial charge in [-0.1, -0.05) is 31.5 Å². The van der Waals surface area contributed by atoms with Crippen LogP contribution >= 0.6 is 11.6 Å². The van der Waals surface area contributed by atoms with E-state index in [0.717, 1.165) is 42.5 Å². The maximum absolute atomic E-state index is 12.3. The Morgan fingerprint density at radius 3 is 2.54 bits per heavy atom. The highest BCUT2D eigenvalue weighted by atomic mass is 35.5. The van der Waals surface area contributed by atoms with E-state index in [0.29, 0.717) is 19.6 Å². The van der Waals surface area contributed by atoms with Crippen molar-refractivity contribution in [1.29, 1.82) is 0 Å². The minimum Gasteiger partial charge on any atom is -0.466 e. The first-order chi connectivity index (χ1) is 11.5. The van der Waals surface area contributed by atoms with E-state index >= 15 is 0 Å². The molecule has 24 heavy (non-hydrogen) atoms. The van der Waals surface area contributed by atoms with Gasteiger partial charge in [0.25, 0.3) is 0 Å². The molecule has 0 unspecified atom stereocenters. The molecule has 1 amide bonds. The van der Waals surface area contributed by atoms with Gasteiger partial charge in [0, 0.05) is 18.7 Å². The van der Waals surface area contributed by atoms with E-state index in [2.05, 4.69) is 13.0 Å². The number of anilines is 1. The minimum atomic E-state index is -0.154. The number of nitrogens with zero attached hydrogens (tertiary/aromatic N) is 1. The zero-order valence-electron chi connectivity index (χ0n) is 14.9. The van der Waals surface area contributed by atoms with Crippen LogP contribution < -0.4 is 4.90 Å². The van der Waals surface area contributed by atoms with Crippen molar-refractivity contribution in [3.63, 3.8) is 0 Å². The number of hydrogen-bond donors (Lipinski definition) is 0. The third kappa shape index (κ3) is 6.16. The number of ether oxygens (including phenoxy) is 1. The second-order valence-corrected chi connectivity index (χ2v) is 6.00. The topological polar surface area (TPSA) is 46.6 Å². The first-order valence-electron chi connectivity index (χ1n) is 8.65. The third-order valence-electron chi connectivity index (χ3n) is 3.96. The van der Waals surface area contributed by atoms with Gasteiger partial charge in [0.2, 0.25) is 5.91 Å². The van der Waals surface area contributed by atoms with Gasteiger partial charge in [0.05, 0.1) is 6.61 Å². The molecule has 1 rings (SSSR count). The lowest BCUT2D eigenvalue weighted by molar-refractivity contribution is -0.143. The smallest absolute Gasteiger partial charge is 0.305 e. The van der Waals surface area contributed by atoms with Crippen LogP contribution in [0.3, 0.4) is 0 Å². The number of alkyl halides is 1. The van der Waals surface area contributed by atoms with Crippen molar-refractivity contribution >= 4 is 29.2 Å². The van der Waals surface area contributed by atoms with Crippen molar-refractivity contribution in [2.45, 2.75) is 52.9 Å². The van der Waals surface area contributed by atoms with Crippen molar-refractivity contribution in [2.24, 2.45) is 0 Å². The predicted octanol–water partition coefficient (Wildman–Crippen LogP) is 4.25. The van der Waals surface area contributed by atoms with Crippen LogP contribution in [0.4, 0.5) is 5.69 Å². The summed E-state index contributed by atoms with van der Waals surface area (Å²) in [5.74, 6) is -0.259. The van der Waals surface area contributed by atoms with Crippen molar-refractivity contribution in [2.75, 3.05) is 23.9 Å². The fourth-order valence-corrected chi connectivity index (χ4v) is 2.92. The number of halogens is 1. The molecule has 0 fully saturated rings. The number of carbonyl (C=O) groups excluding carboxylic acids is 2. The van der Waals surface area contributed by atoms with Crippen LogP contribution in [0, 0.1) is 6.92 Å². The maximum atomic E-state index is 12.3.